The number of hydrogen-bond acceptors (Lipinski definition) is 2. The summed E-state index contributed by atoms with van der Waals surface area (Å²) >= 11 is 0. The Hall–Kier alpha value is -1.14. The second-order valence-electron chi connectivity index (χ2n) is 4.97. The van der Waals surface area contributed by atoms with Crippen LogP contribution < -0.4 is 0 Å². The largest absolute Gasteiger partial charge is 0.254 e. The molecule has 1 atom stereocenters. The van der Waals surface area contributed by atoms with Gasteiger partial charge in [-0.25, -0.2) is 0 Å². The molecule has 0 saturated heterocycles. The standard InChI is InChI=1S/C14H19NOS/c1-12-6-4-7-13(10-12)17(16)9-5-8-14(2,3)11-15/h4,6-7,10H,5,8-9H2,1-3H3. The van der Waals surface area contributed by atoms with E-state index < -0.39 is 10.8 Å². The van der Waals surface area contributed by atoms with Crippen LogP contribution in [-0.4, -0.2) is 9.96 Å². The van der Waals surface area contributed by atoms with Crippen molar-refractivity contribution in [3.63, 3.8) is 0 Å². The Morgan fingerprint density at radius 2 is 2.12 bits per heavy atom. The Kier molecular flexibility index (Phi) is 4.89. The Morgan fingerprint density at radius 1 is 1.41 bits per heavy atom. The van der Waals surface area contributed by atoms with Gasteiger partial charge >= 0.3 is 0 Å². The topological polar surface area (TPSA) is 40.9 Å². The smallest absolute Gasteiger partial charge is 0.0683 e. The van der Waals surface area contributed by atoms with Crippen LogP contribution >= 0.6 is 0 Å². The molecule has 0 amide bonds. The molecular weight excluding hydrogens is 230 g/mol. The molecule has 0 saturated carbocycles. The first kappa shape index (κ1) is 13.9. The molecule has 0 fully saturated rings. The molecule has 0 heterocycles. The number of aryl methyl sites for hydroxylation is 1. The highest BCUT2D eigenvalue weighted by atomic mass is 32.2. The van der Waals surface area contributed by atoms with Gasteiger partial charge in [0.2, 0.25) is 0 Å². The quantitative estimate of drug-likeness (QED) is 0.802. The number of nitrogens with zero attached hydrogens (tertiary/aromatic N) is 1. The van der Waals surface area contributed by atoms with Gasteiger partial charge in [-0.1, -0.05) is 12.1 Å². The molecule has 0 bridgehead atoms. The van der Waals surface area contributed by atoms with E-state index in [0.29, 0.717) is 5.75 Å². The number of rotatable bonds is 5. The lowest BCUT2D eigenvalue weighted by atomic mass is 9.90. The van der Waals surface area contributed by atoms with Crippen LogP contribution in [0, 0.1) is 23.7 Å². The first-order valence-electron chi connectivity index (χ1n) is 5.81. The average molecular weight is 249 g/mol. The summed E-state index contributed by atoms with van der Waals surface area (Å²) in [5.41, 5.74) is 0.824. The van der Waals surface area contributed by atoms with E-state index in [-0.39, 0.29) is 5.41 Å². The Balaban J connectivity index is 2.49. The van der Waals surface area contributed by atoms with E-state index in [0.717, 1.165) is 23.3 Å². The highest BCUT2D eigenvalue weighted by Gasteiger charge is 2.16. The highest BCUT2D eigenvalue weighted by Crippen LogP contribution is 2.21. The summed E-state index contributed by atoms with van der Waals surface area (Å²) in [6.45, 7) is 5.84. The summed E-state index contributed by atoms with van der Waals surface area (Å²) in [4.78, 5) is 0.889. The van der Waals surface area contributed by atoms with Crippen molar-refractivity contribution < 1.29 is 4.21 Å². The van der Waals surface area contributed by atoms with Gasteiger partial charge in [0, 0.05) is 10.6 Å². The lowest BCUT2D eigenvalue weighted by Gasteiger charge is -2.14. The molecule has 0 aromatic heterocycles. The minimum absolute atomic E-state index is 0.309. The van der Waals surface area contributed by atoms with Crippen molar-refractivity contribution in [3.05, 3.63) is 29.8 Å². The van der Waals surface area contributed by atoms with Gasteiger partial charge in [-0.05, 0) is 51.3 Å². The summed E-state index contributed by atoms with van der Waals surface area (Å²) in [6.07, 6.45) is 1.61. The maximum atomic E-state index is 12.0. The van der Waals surface area contributed by atoms with Crippen molar-refractivity contribution >= 4 is 10.8 Å². The molecule has 17 heavy (non-hydrogen) atoms. The van der Waals surface area contributed by atoms with Gasteiger partial charge in [0.1, 0.15) is 0 Å². The van der Waals surface area contributed by atoms with Gasteiger partial charge in [0.25, 0.3) is 0 Å². The van der Waals surface area contributed by atoms with Crippen LogP contribution in [0.25, 0.3) is 0 Å². The molecule has 0 aliphatic carbocycles. The maximum absolute atomic E-state index is 12.0. The number of hydrogen-bond donors (Lipinski definition) is 0. The Morgan fingerprint density at radius 3 is 2.71 bits per heavy atom. The molecule has 3 heteroatoms. The Labute approximate surface area is 106 Å². The van der Waals surface area contributed by atoms with Crippen molar-refractivity contribution in [1.82, 2.24) is 0 Å². The van der Waals surface area contributed by atoms with Gasteiger partial charge in [-0.3, -0.25) is 4.21 Å². The van der Waals surface area contributed by atoms with Gasteiger partial charge in [-0.2, -0.15) is 5.26 Å². The van der Waals surface area contributed by atoms with Crippen LogP contribution in [0.1, 0.15) is 32.3 Å². The molecule has 0 radical (unpaired) electrons. The zero-order chi connectivity index (χ0) is 12.9. The van der Waals surface area contributed by atoms with E-state index in [1.807, 2.05) is 45.0 Å². The molecular formula is C14H19NOS. The number of benzene rings is 1. The van der Waals surface area contributed by atoms with E-state index in [4.69, 9.17) is 5.26 Å². The molecule has 1 aromatic carbocycles. The summed E-state index contributed by atoms with van der Waals surface area (Å²) in [7, 11) is -0.940. The van der Waals surface area contributed by atoms with Gasteiger partial charge in [0.05, 0.1) is 22.3 Å². The third-order valence-electron chi connectivity index (χ3n) is 2.69. The third-order valence-corrected chi connectivity index (χ3v) is 4.13. The van der Waals surface area contributed by atoms with Crippen LogP contribution in [0.2, 0.25) is 0 Å². The highest BCUT2D eigenvalue weighted by molar-refractivity contribution is 7.85. The molecule has 2 nitrogen and oxygen atoms in total. The van der Waals surface area contributed by atoms with Crippen molar-refractivity contribution in [3.8, 4) is 6.07 Å². The van der Waals surface area contributed by atoms with E-state index in [9.17, 15) is 4.21 Å². The molecule has 0 aliphatic heterocycles. The molecule has 1 unspecified atom stereocenters. The van der Waals surface area contributed by atoms with Crippen LogP contribution in [-0.2, 0) is 10.8 Å². The number of nitriles is 1. The first-order valence-corrected chi connectivity index (χ1v) is 7.13. The van der Waals surface area contributed by atoms with Crippen molar-refractivity contribution in [2.24, 2.45) is 5.41 Å². The zero-order valence-corrected chi connectivity index (χ0v) is 11.5. The molecule has 1 rings (SSSR count). The monoisotopic (exact) mass is 249 g/mol. The van der Waals surface area contributed by atoms with Crippen molar-refractivity contribution in [2.75, 3.05) is 5.75 Å². The van der Waals surface area contributed by atoms with Crippen LogP contribution in [0.15, 0.2) is 29.2 Å². The SMILES string of the molecule is Cc1cccc(S(=O)CCCC(C)(C)C#N)c1. The fourth-order valence-electron chi connectivity index (χ4n) is 1.58. The molecule has 92 valence electrons. The van der Waals surface area contributed by atoms with Crippen LogP contribution in [0.3, 0.4) is 0 Å². The van der Waals surface area contributed by atoms with Crippen LogP contribution in [0.5, 0.6) is 0 Å². The first-order chi connectivity index (χ1) is 7.94. The Bertz CT molecular complexity index is 446. The second kappa shape index (κ2) is 5.97. The van der Waals surface area contributed by atoms with E-state index in [1.54, 1.807) is 0 Å². The predicted octanol–water partition coefficient (Wildman–Crippen LogP) is 3.43. The predicted molar refractivity (Wildman–Crippen MR) is 71.1 cm³/mol. The summed E-state index contributed by atoms with van der Waals surface area (Å²) in [5, 5.41) is 8.89. The molecule has 0 spiro atoms. The minimum Gasteiger partial charge on any atom is -0.254 e. The van der Waals surface area contributed by atoms with E-state index >= 15 is 0 Å². The van der Waals surface area contributed by atoms with Crippen molar-refractivity contribution in [2.45, 2.75) is 38.5 Å². The van der Waals surface area contributed by atoms with Gasteiger partial charge in [-0.15, -0.1) is 0 Å². The normalized spacial score (nSPS) is 13.1. The lowest BCUT2D eigenvalue weighted by molar-refractivity contribution is 0.447. The summed E-state index contributed by atoms with van der Waals surface area (Å²) in [5.74, 6) is 0.633. The lowest BCUT2D eigenvalue weighted by Crippen LogP contribution is -2.10. The average Bonchev–Trinajstić information content (AvgIpc) is 2.28. The van der Waals surface area contributed by atoms with E-state index in [1.165, 1.54) is 0 Å². The summed E-state index contributed by atoms with van der Waals surface area (Å²) in [6, 6.07) is 10.1. The minimum atomic E-state index is -0.940. The zero-order valence-electron chi connectivity index (χ0n) is 10.7. The molecule has 0 aliphatic rings. The fraction of sp³-hybridized carbons (Fsp3) is 0.500. The fourth-order valence-corrected chi connectivity index (χ4v) is 2.77. The van der Waals surface area contributed by atoms with Gasteiger partial charge < -0.3 is 0 Å². The van der Waals surface area contributed by atoms with Crippen molar-refractivity contribution in [1.29, 1.82) is 5.26 Å². The van der Waals surface area contributed by atoms with Crippen LogP contribution in [0.4, 0.5) is 0 Å². The van der Waals surface area contributed by atoms with E-state index in [2.05, 4.69) is 6.07 Å². The maximum Gasteiger partial charge on any atom is 0.0683 e. The molecule has 0 N–H and O–H groups in total. The van der Waals surface area contributed by atoms with Gasteiger partial charge in [0.15, 0.2) is 0 Å². The second-order valence-corrected chi connectivity index (χ2v) is 6.54. The molecule has 1 aromatic rings. The third kappa shape index (κ3) is 4.70. The summed E-state index contributed by atoms with van der Waals surface area (Å²) < 4.78 is 12.0.